The fraction of sp³-hybridized carbons (Fsp3) is 0.588. The summed E-state index contributed by atoms with van der Waals surface area (Å²) < 4.78 is 13.0. The normalized spacial score (nSPS) is 18.6. The van der Waals surface area contributed by atoms with E-state index < -0.39 is 0 Å². The molecule has 1 aromatic rings. The van der Waals surface area contributed by atoms with E-state index in [0.29, 0.717) is 23.7 Å². The second-order valence-corrected chi connectivity index (χ2v) is 5.94. The highest BCUT2D eigenvalue weighted by Crippen LogP contribution is 2.16. The highest BCUT2D eigenvalue weighted by atomic mass is 19.1. The summed E-state index contributed by atoms with van der Waals surface area (Å²) in [6, 6.07) is 4.52. The molecule has 122 valence electrons. The maximum absolute atomic E-state index is 13.0. The number of carbonyl (C=O) groups is 1. The number of halogens is 1. The summed E-state index contributed by atoms with van der Waals surface area (Å²) in [4.78, 5) is 14.3. The zero-order valence-electron chi connectivity index (χ0n) is 13.1. The third kappa shape index (κ3) is 4.52. The lowest BCUT2D eigenvalue weighted by atomic mass is 10.1. The fourth-order valence-corrected chi connectivity index (χ4v) is 3.02. The molecule has 0 spiro atoms. The Hall–Kier alpha value is -1.46. The lowest BCUT2D eigenvalue weighted by Crippen LogP contribution is -2.33. The number of amides is 1. The van der Waals surface area contributed by atoms with Gasteiger partial charge in [0.1, 0.15) is 5.82 Å². The van der Waals surface area contributed by atoms with Crippen molar-refractivity contribution in [2.75, 3.05) is 26.2 Å². The summed E-state index contributed by atoms with van der Waals surface area (Å²) in [5.41, 5.74) is 1.18. The molecule has 0 aromatic heterocycles. The molecule has 1 aliphatic rings. The minimum absolute atomic E-state index is 0.146. The Balaban J connectivity index is 1.67. The Morgan fingerprint density at radius 1 is 1.45 bits per heavy atom. The van der Waals surface area contributed by atoms with Crippen LogP contribution in [0.3, 0.4) is 0 Å². The molecule has 0 saturated carbocycles. The molecule has 1 saturated heterocycles. The molecule has 1 unspecified atom stereocenters. The first kappa shape index (κ1) is 16.9. The lowest BCUT2D eigenvalue weighted by Gasteiger charge is -2.22. The van der Waals surface area contributed by atoms with Crippen molar-refractivity contribution in [3.05, 3.63) is 35.1 Å². The van der Waals surface area contributed by atoms with Crippen LogP contribution in [0.2, 0.25) is 0 Å². The van der Waals surface area contributed by atoms with E-state index in [0.717, 1.165) is 38.8 Å². The number of rotatable bonds is 7. The van der Waals surface area contributed by atoms with Gasteiger partial charge in [-0.25, -0.2) is 4.39 Å². The van der Waals surface area contributed by atoms with Crippen molar-refractivity contribution in [3.63, 3.8) is 0 Å². The van der Waals surface area contributed by atoms with E-state index in [2.05, 4.69) is 10.2 Å². The molecule has 4 nitrogen and oxygen atoms in total. The molecule has 0 bridgehead atoms. The van der Waals surface area contributed by atoms with Crippen molar-refractivity contribution in [1.29, 1.82) is 0 Å². The molecule has 0 aliphatic carbocycles. The molecule has 1 amide bonds. The third-order valence-corrected chi connectivity index (χ3v) is 4.30. The van der Waals surface area contributed by atoms with Gasteiger partial charge in [-0.05, 0) is 69.5 Å². The monoisotopic (exact) mass is 308 g/mol. The number of benzene rings is 1. The maximum Gasteiger partial charge on any atom is 0.251 e. The van der Waals surface area contributed by atoms with Crippen molar-refractivity contribution < 1.29 is 14.3 Å². The number of hydrogen-bond donors (Lipinski definition) is 2. The summed E-state index contributed by atoms with van der Waals surface area (Å²) in [6.45, 7) is 4.62. The Bertz CT molecular complexity index is 507. The van der Waals surface area contributed by atoms with Crippen LogP contribution in [0.5, 0.6) is 0 Å². The van der Waals surface area contributed by atoms with Gasteiger partial charge >= 0.3 is 0 Å². The van der Waals surface area contributed by atoms with Crippen molar-refractivity contribution in [3.8, 4) is 0 Å². The molecule has 1 aliphatic heterocycles. The fourth-order valence-electron chi connectivity index (χ4n) is 3.02. The number of hydrogen-bond acceptors (Lipinski definition) is 3. The number of carbonyl (C=O) groups excluding carboxylic acids is 1. The van der Waals surface area contributed by atoms with Crippen LogP contribution >= 0.6 is 0 Å². The van der Waals surface area contributed by atoms with E-state index in [-0.39, 0.29) is 18.3 Å². The van der Waals surface area contributed by atoms with Crippen LogP contribution in [0.15, 0.2) is 18.2 Å². The van der Waals surface area contributed by atoms with Crippen LogP contribution in [0, 0.1) is 12.7 Å². The van der Waals surface area contributed by atoms with E-state index in [1.165, 1.54) is 18.2 Å². The van der Waals surface area contributed by atoms with Gasteiger partial charge < -0.3 is 10.4 Å². The van der Waals surface area contributed by atoms with Gasteiger partial charge in [0, 0.05) is 18.2 Å². The summed E-state index contributed by atoms with van der Waals surface area (Å²) in [7, 11) is 0. The second-order valence-electron chi connectivity index (χ2n) is 5.94. The molecule has 2 N–H and O–H groups in total. The van der Waals surface area contributed by atoms with Crippen LogP contribution in [0.1, 0.15) is 41.6 Å². The summed E-state index contributed by atoms with van der Waals surface area (Å²) >= 11 is 0. The first-order chi connectivity index (χ1) is 10.6. The molecule has 22 heavy (non-hydrogen) atoms. The maximum atomic E-state index is 13.0. The lowest BCUT2D eigenvalue weighted by molar-refractivity contribution is 0.0951. The number of aliphatic hydroxyl groups is 1. The van der Waals surface area contributed by atoms with E-state index in [1.807, 2.05) is 0 Å². The average Bonchev–Trinajstić information content (AvgIpc) is 2.94. The highest BCUT2D eigenvalue weighted by Gasteiger charge is 2.22. The molecule has 5 heteroatoms. The van der Waals surface area contributed by atoms with Crippen LogP contribution in [0.4, 0.5) is 4.39 Å². The Morgan fingerprint density at radius 3 is 3.00 bits per heavy atom. The van der Waals surface area contributed by atoms with Gasteiger partial charge in [0.25, 0.3) is 5.91 Å². The van der Waals surface area contributed by atoms with E-state index in [4.69, 9.17) is 0 Å². The van der Waals surface area contributed by atoms with Crippen LogP contribution in [-0.4, -0.2) is 48.2 Å². The predicted molar refractivity (Wildman–Crippen MR) is 84.4 cm³/mol. The van der Waals surface area contributed by atoms with Gasteiger partial charge in [-0.3, -0.25) is 9.69 Å². The minimum Gasteiger partial charge on any atom is -0.395 e. The number of aryl methyl sites for hydroxylation is 1. The topological polar surface area (TPSA) is 52.6 Å². The second kappa shape index (κ2) is 8.25. The summed E-state index contributed by atoms with van der Waals surface area (Å²) in [5.74, 6) is -0.468. The molecular weight excluding hydrogens is 283 g/mol. The molecule has 1 fully saturated rings. The molecule has 2 rings (SSSR count). The van der Waals surface area contributed by atoms with Gasteiger partial charge in [-0.15, -0.1) is 0 Å². The number of nitrogens with zero attached hydrogens (tertiary/aromatic N) is 1. The van der Waals surface area contributed by atoms with Crippen LogP contribution in [-0.2, 0) is 0 Å². The van der Waals surface area contributed by atoms with Gasteiger partial charge in [0.15, 0.2) is 0 Å². The Labute approximate surface area is 131 Å². The van der Waals surface area contributed by atoms with Crippen molar-refractivity contribution in [2.45, 2.75) is 38.6 Å². The van der Waals surface area contributed by atoms with Crippen molar-refractivity contribution in [1.82, 2.24) is 10.2 Å². The van der Waals surface area contributed by atoms with Crippen molar-refractivity contribution in [2.24, 2.45) is 0 Å². The zero-order chi connectivity index (χ0) is 15.9. The zero-order valence-corrected chi connectivity index (χ0v) is 13.1. The SMILES string of the molecule is Cc1cc(F)ccc1C(=O)NCCCCN1CCCC1CO. The number of unbranched alkanes of at least 4 members (excludes halogenated alkanes) is 1. The van der Waals surface area contributed by atoms with Crippen LogP contribution < -0.4 is 5.32 Å². The average molecular weight is 308 g/mol. The number of nitrogens with one attached hydrogen (secondary N) is 1. The Kier molecular flexibility index (Phi) is 6.34. The molecule has 1 atom stereocenters. The molecule has 0 radical (unpaired) electrons. The predicted octanol–water partition coefficient (Wildman–Crippen LogP) is 2.10. The molecular formula is C17H25FN2O2. The first-order valence-corrected chi connectivity index (χ1v) is 8.01. The quantitative estimate of drug-likeness (QED) is 0.759. The van der Waals surface area contributed by atoms with Crippen LogP contribution in [0.25, 0.3) is 0 Å². The standard InChI is InChI=1S/C17H25FN2O2/c1-13-11-14(18)6-7-16(13)17(22)19-8-2-3-9-20-10-4-5-15(20)12-21/h6-7,11,15,21H,2-5,8-10,12H2,1H3,(H,19,22). The minimum atomic E-state index is -0.321. The third-order valence-electron chi connectivity index (χ3n) is 4.30. The number of aliphatic hydroxyl groups excluding tert-OH is 1. The van der Waals surface area contributed by atoms with Gasteiger partial charge in [0.05, 0.1) is 6.61 Å². The van der Waals surface area contributed by atoms with E-state index in [1.54, 1.807) is 6.92 Å². The Morgan fingerprint density at radius 2 is 2.27 bits per heavy atom. The number of likely N-dealkylation sites (tertiary alicyclic amines) is 1. The smallest absolute Gasteiger partial charge is 0.251 e. The van der Waals surface area contributed by atoms with E-state index in [9.17, 15) is 14.3 Å². The van der Waals surface area contributed by atoms with Gasteiger partial charge in [-0.2, -0.15) is 0 Å². The van der Waals surface area contributed by atoms with Gasteiger partial charge in [0.2, 0.25) is 0 Å². The first-order valence-electron chi connectivity index (χ1n) is 8.01. The molecule has 1 heterocycles. The molecule has 1 aromatic carbocycles. The summed E-state index contributed by atoms with van der Waals surface area (Å²) in [6.07, 6.45) is 4.14. The highest BCUT2D eigenvalue weighted by molar-refractivity contribution is 5.95. The largest absolute Gasteiger partial charge is 0.395 e. The van der Waals surface area contributed by atoms with Gasteiger partial charge in [-0.1, -0.05) is 0 Å². The van der Waals surface area contributed by atoms with Crippen molar-refractivity contribution >= 4 is 5.91 Å². The summed E-state index contributed by atoms with van der Waals surface area (Å²) in [5, 5.41) is 12.1. The van der Waals surface area contributed by atoms with E-state index >= 15 is 0 Å².